The molecule has 2 aromatic rings. The second-order valence-corrected chi connectivity index (χ2v) is 5.48. The molecule has 0 fully saturated rings. The van der Waals surface area contributed by atoms with Crippen molar-refractivity contribution < 1.29 is 9.53 Å². The molecule has 0 saturated heterocycles. The van der Waals surface area contributed by atoms with Gasteiger partial charge >= 0.3 is 0 Å². The molecule has 1 N–H and O–H groups in total. The Morgan fingerprint density at radius 1 is 1.19 bits per heavy atom. The van der Waals surface area contributed by atoms with Crippen LogP contribution in [0.2, 0.25) is 5.02 Å². The minimum atomic E-state index is -0.185. The third-order valence-electron chi connectivity index (χ3n) is 2.84. The summed E-state index contributed by atoms with van der Waals surface area (Å²) in [6.45, 7) is 4.23. The lowest BCUT2D eigenvalue weighted by Crippen LogP contribution is -2.30. The number of ether oxygens (including phenoxy) is 1. The van der Waals surface area contributed by atoms with Crippen LogP contribution in [0.4, 0.5) is 0 Å². The molecule has 4 heteroatoms. The van der Waals surface area contributed by atoms with Gasteiger partial charge in [-0.05, 0) is 37.6 Å². The number of nitrogens with one attached hydrogen (secondary N) is 1. The van der Waals surface area contributed by atoms with Crippen molar-refractivity contribution in [1.29, 1.82) is 0 Å². The van der Waals surface area contributed by atoms with Crippen LogP contribution in [0.25, 0.3) is 0 Å². The van der Waals surface area contributed by atoms with Crippen molar-refractivity contribution >= 4 is 17.5 Å². The molecule has 0 aliphatic rings. The average molecular weight is 304 g/mol. The molecule has 0 radical (unpaired) electrons. The highest BCUT2D eigenvalue weighted by Crippen LogP contribution is 2.24. The Hall–Kier alpha value is -2.00. The van der Waals surface area contributed by atoms with Crippen molar-refractivity contribution in [2.24, 2.45) is 0 Å². The van der Waals surface area contributed by atoms with Gasteiger partial charge in [-0.2, -0.15) is 0 Å². The molecule has 0 atom stereocenters. The molecule has 110 valence electrons. The highest BCUT2D eigenvalue weighted by Gasteiger charge is 2.14. The molecule has 0 aromatic heterocycles. The normalized spacial score (nSPS) is 10.5. The highest BCUT2D eigenvalue weighted by molar-refractivity contribution is 6.31. The molecule has 1 amide bonds. The van der Waals surface area contributed by atoms with E-state index in [-0.39, 0.29) is 11.9 Å². The number of amides is 1. The third-order valence-corrected chi connectivity index (χ3v) is 3.08. The van der Waals surface area contributed by atoms with Gasteiger partial charge in [-0.25, -0.2) is 0 Å². The third kappa shape index (κ3) is 4.50. The van der Waals surface area contributed by atoms with E-state index in [4.69, 9.17) is 16.3 Å². The van der Waals surface area contributed by atoms with E-state index < -0.39 is 0 Å². The van der Waals surface area contributed by atoms with Gasteiger partial charge in [-0.1, -0.05) is 41.9 Å². The fraction of sp³-hybridized carbons (Fsp3) is 0.235. The summed E-state index contributed by atoms with van der Waals surface area (Å²) >= 11 is 5.98. The highest BCUT2D eigenvalue weighted by atomic mass is 35.5. The first-order valence-corrected chi connectivity index (χ1v) is 7.21. The molecule has 0 aliphatic carbocycles. The molecule has 2 aromatic carbocycles. The van der Waals surface area contributed by atoms with Gasteiger partial charge in [-0.3, -0.25) is 4.79 Å². The maximum Gasteiger partial charge on any atom is 0.255 e. The first kappa shape index (κ1) is 15.4. The monoisotopic (exact) mass is 303 g/mol. The molecule has 2 rings (SSSR count). The zero-order valence-corrected chi connectivity index (χ0v) is 12.9. The topological polar surface area (TPSA) is 38.3 Å². The van der Waals surface area contributed by atoms with Crippen LogP contribution < -0.4 is 10.1 Å². The predicted molar refractivity (Wildman–Crippen MR) is 84.8 cm³/mol. The fourth-order valence-electron chi connectivity index (χ4n) is 1.88. The molecular formula is C17H18ClNO2. The Bertz CT molecular complexity index is 611. The number of hydrogen-bond acceptors (Lipinski definition) is 2. The van der Waals surface area contributed by atoms with E-state index in [1.54, 1.807) is 18.2 Å². The summed E-state index contributed by atoms with van der Waals surface area (Å²) in [6, 6.07) is 14.9. The quantitative estimate of drug-likeness (QED) is 0.904. The van der Waals surface area contributed by atoms with Crippen LogP contribution in [-0.4, -0.2) is 11.9 Å². The van der Waals surface area contributed by atoms with Gasteiger partial charge in [0, 0.05) is 11.1 Å². The van der Waals surface area contributed by atoms with Gasteiger partial charge in [0.1, 0.15) is 12.4 Å². The van der Waals surface area contributed by atoms with E-state index in [1.165, 1.54) is 0 Å². The van der Waals surface area contributed by atoms with Crippen LogP contribution in [-0.2, 0) is 6.61 Å². The second-order valence-electron chi connectivity index (χ2n) is 5.04. The van der Waals surface area contributed by atoms with E-state index in [0.29, 0.717) is 22.9 Å². The van der Waals surface area contributed by atoms with Crippen LogP contribution in [0.1, 0.15) is 29.8 Å². The fourth-order valence-corrected chi connectivity index (χ4v) is 2.05. The van der Waals surface area contributed by atoms with Crippen LogP contribution in [0.15, 0.2) is 48.5 Å². The van der Waals surface area contributed by atoms with Crippen molar-refractivity contribution in [1.82, 2.24) is 5.32 Å². The maximum atomic E-state index is 12.2. The minimum absolute atomic E-state index is 0.0541. The number of benzene rings is 2. The van der Waals surface area contributed by atoms with Gasteiger partial charge in [-0.15, -0.1) is 0 Å². The standard InChI is InChI=1S/C17H18ClNO2/c1-12(2)19-17(20)15-10-14(18)8-9-16(15)21-11-13-6-4-3-5-7-13/h3-10,12H,11H2,1-2H3,(H,19,20). The Labute approximate surface area is 129 Å². The van der Waals surface area contributed by atoms with Gasteiger partial charge in [0.15, 0.2) is 0 Å². The van der Waals surface area contributed by atoms with Crippen molar-refractivity contribution in [3.8, 4) is 5.75 Å². The molecule has 0 bridgehead atoms. The number of carbonyl (C=O) groups is 1. The number of carbonyl (C=O) groups excluding carboxylic acids is 1. The summed E-state index contributed by atoms with van der Waals surface area (Å²) in [5, 5.41) is 3.36. The Balaban J connectivity index is 2.17. The Morgan fingerprint density at radius 3 is 2.57 bits per heavy atom. The van der Waals surface area contributed by atoms with E-state index in [0.717, 1.165) is 5.56 Å². The van der Waals surface area contributed by atoms with Gasteiger partial charge in [0.2, 0.25) is 0 Å². The lowest BCUT2D eigenvalue weighted by Gasteiger charge is -2.14. The van der Waals surface area contributed by atoms with Crippen molar-refractivity contribution in [3.63, 3.8) is 0 Å². The van der Waals surface area contributed by atoms with E-state index in [2.05, 4.69) is 5.32 Å². The molecule has 21 heavy (non-hydrogen) atoms. The first-order chi connectivity index (χ1) is 10.1. The van der Waals surface area contributed by atoms with Gasteiger partial charge in [0.25, 0.3) is 5.91 Å². The van der Waals surface area contributed by atoms with Gasteiger partial charge in [0.05, 0.1) is 5.56 Å². The molecule has 0 aliphatic heterocycles. The Kier molecular flexibility index (Phi) is 5.23. The first-order valence-electron chi connectivity index (χ1n) is 6.83. The van der Waals surface area contributed by atoms with Crippen molar-refractivity contribution in [2.75, 3.05) is 0 Å². The zero-order valence-electron chi connectivity index (χ0n) is 12.1. The summed E-state index contributed by atoms with van der Waals surface area (Å²) in [7, 11) is 0. The second kappa shape index (κ2) is 7.14. The smallest absolute Gasteiger partial charge is 0.255 e. The van der Waals surface area contributed by atoms with Crippen molar-refractivity contribution in [2.45, 2.75) is 26.5 Å². The van der Waals surface area contributed by atoms with E-state index >= 15 is 0 Å². The number of halogens is 1. The summed E-state index contributed by atoms with van der Waals surface area (Å²) in [5.74, 6) is 0.344. The molecule has 3 nitrogen and oxygen atoms in total. The van der Waals surface area contributed by atoms with Crippen molar-refractivity contribution in [3.05, 3.63) is 64.7 Å². The van der Waals surface area contributed by atoms with Crippen LogP contribution >= 0.6 is 11.6 Å². The summed E-state index contributed by atoms with van der Waals surface area (Å²) in [4.78, 5) is 12.2. The Morgan fingerprint density at radius 2 is 1.90 bits per heavy atom. The van der Waals surface area contributed by atoms with Crippen LogP contribution in [0.3, 0.4) is 0 Å². The van der Waals surface area contributed by atoms with E-state index in [9.17, 15) is 4.79 Å². The lowest BCUT2D eigenvalue weighted by atomic mass is 10.1. The molecule has 0 heterocycles. The largest absolute Gasteiger partial charge is 0.488 e. The van der Waals surface area contributed by atoms with E-state index in [1.807, 2.05) is 44.2 Å². The predicted octanol–water partition coefficient (Wildman–Crippen LogP) is 4.06. The van der Waals surface area contributed by atoms with Gasteiger partial charge < -0.3 is 10.1 Å². The summed E-state index contributed by atoms with van der Waals surface area (Å²) in [6.07, 6.45) is 0. The van der Waals surface area contributed by atoms with Crippen LogP contribution in [0.5, 0.6) is 5.75 Å². The zero-order chi connectivity index (χ0) is 15.2. The lowest BCUT2D eigenvalue weighted by molar-refractivity contribution is 0.0938. The minimum Gasteiger partial charge on any atom is -0.488 e. The SMILES string of the molecule is CC(C)NC(=O)c1cc(Cl)ccc1OCc1ccccc1. The van der Waals surface area contributed by atoms with Crippen LogP contribution in [0, 0.1) is 0 Å². The molecule has 0 saturated carbocycles. The number of rotatable bonds is 5. The average Bonchev–Trinajstić information content (AvgIpc) is 2.46. The number of hydrogen-bond donors (Lipinski definition) is 1. The molecule has 0 spiro atoms. The maximum absolute atomic E-state index is 12.2. The summed E-state index contributed by atoms with van der Waals surface area (Å²) < 4.78 is 5.76. The molecule has 0 unspecified atom stereocenters. The summed E-state index contributed by atoms with van der Waals surface area (Å²) in [5.41, 5.74) is 1.50. The molecular weight excluding hydrogens is 286 g/mol.